The molecule has 0 spiro atoms. The molecule has 2 heterocycles. The molecule has 0 radical (unpaired) electrons. The van der Waals surface area contributed by atoms with Crippen LogP contribution in [0.2, 0.25) is 5.02 Å². The summed E-state index contributed by atoms with van der Waals surface area (Å²) in [5, 5.41) is 6.99. The minimum Gasteiger partial charge on any atom is -0.296 e. The van der Waals surface area contributed by atoms with Gasteiger partial charge in [-0.25, -0.2) is 0 Å². The van der Waals surface area contributed by atoms with Crippen molar-refractivity contribution in [2.75, 3.05) is 0 Å². The zero-order chi connectivity index (χ0) is 9.97. The predicted octanol–water partition coefficient (Wildman–Crippen LogP) is 1.94. The lowest BCUT2D eigenvalue weighted by molar-refractivity contribution is 0.111. The average Bonchev–Trinajstić information content (AvgIpc) is 2.67. The van der Waals surface area contributed by atoms with Crippen LogP contribution in [0.25, 0.3) is 11.4 Å². The lowest BCUT2D eigenvalue weighted by atomic mass is 10.2. The van der Waals surface area contributed by atoms with Gasteiger partial charge in [0.1, 0.15) is 11.4 Å². The molecule has 2 aromatic heterocycles. The topological polar surface area (TPSA) is 58.6 Å². The Balaban J connectivity index is 2.49. The van der Waals surface area contributed by atoms with E-state index in [1.165, 1.54) is 0 Å². The van der Waals surface area contributed by atoms with Gasteiger partial charge in [-0.3, -0.25) is 14.9 Å². The second-order valence-corrected chi connectivity index (χ2v) is 3.07. The quantitative estimate of drug-likeness (QED) is 0.766. The predicted molar refractivity (Wildman–Crippen MR) is 52.2 cm³/mol. The summed E-state index contributed by atoms with van der Waals surface area (Å²) in [6.45, 7) is 0. The summed E-state index contributed by atoms with van der Waals surface area (Å²) in [6, 6.07) is 5.06. The lowest BCUT2D eigenvalue weighted by Crippen LogP contribution is -1.83. The highest BCUT2D eigenvalue weighted by molar-refractivity contribution is 6.32. The first-order valence-corrected chi connectivity index (χ1v) is 4.30. The molecule has 0 aromatic carbocycles. The minimum atomic E-state index is 0.404. The van der Waals surface area contributed by atoms with Gasteiger partial charge in [0, 0.05) is 6.20 Å². The number of H-pyrrole nitrogens is 1. The van der Waals surface area contributed by atoms with Crippen LogP contribution in [-0.2, 0) is 0 Å². The summed E-state index contributed by atoms with van der Waals surface area (Å²) >= 11 is 5.91. The third kappa shape index (κ3) is 1.52. The number of nitrogens with zero attached hydrogens (tertiary/aromatic N) is 2. The molecular weight excluding hydrogens is 202 g/mol. The molecular formula is C9H6ClN3O. The summed E-state index contributed by atoms with van der Waals surface area (Å²) in [6.07, 6.45) is 2.31. The van der Waals surface area contributed by atoms with E-state index in [1.54, 1.807) is 24.4 Å². The van der Waals surface area contributed by atoms with Crippen molar-refractivity contribution < 1.29 is 4.79 Å². The highest BCUT2D eigenvalue weighted by Crippen LogP contribution is 2.23. The van der Waals surface area contributed by atoms with Gasteiger partial charge in [-0.2, -0.15) is 5.10 Å². The monoisotopic (exact) mass is 207 g/mol. The Morgan fingerprint density at radius 3 is 3.00 bits per heavy atom. The molecule has 70 valence electrons. The first kappa shape index (κ1) is 8.90. The van der Waals surface area contributed by atoms with Crippen LogP contribution in [0.1, 0.15) is 10.5 Å². The van der Waals surface area contributed by atoms with Crippen molar-refractivity contribution >= 4 is 17.9 Å². The van der Waals surface area contributed by atoms with Crippen molar-refractivity contribution in [3.05, 3.63) is 35.1 Å². The Labute approximate surface area is 84.9 Å². The average molecular weight is 208 g/mol. The Morgan fingerprint density at radius 1 is 1.50 bits per heavy atom. The van der Waals surface area contributed by atoms with Gasteiger partial charge in [0.2, 0.25) is 0 Å². The maximum Gasteiger partial charge on any atom is 0.167 e. The van der Waals surface area contributed by atoms with Gasteiger partial charge in [-0.05, 0) is 18.2 Å². The zero-order valence-electron chi connectivity index (χ0n) is 7.07. The molecule has 0 fully saturated rings. The molecule has 4 nitrogen and oxygen atoms in total. The fourth-order valence-electron chi connectivity index (χ4n) is 1.09. The second kappa shape index (κ2) is 3.59. The van der Waals surface area contributed by atoms with Gasteiger partial charge in [0.25, 0.3) is 0 Å². The molecule has 0 bridgehead atoms. The Bertz CT molecular complexity index is 467. The summed E-state index contributed by atoms with van der Waals surface area (Å²) in [7, 11) is 0. The number of carbonyl (C=O) groups excluding carboxylic acids is 1. The van der Waals surface area contributed by atoms with Crippen molar-refractivity contribution in [3.63, 3.8) is 0 Å². The minimum absolute atomic E-state index is 0.404. The molecule has 0 unspecified atom stereocenters. The number of aromatic amines is 1. The van der Waals surface area contributed by atoms with Gasteiger partial charge < -0.3 is 0 Å². The molecule has 0 atom stereocenters. The van der Waals surface area contributed by atoms with Gasteiger partial charge >= 0.3 is 0 Å². The summed E-state index contributed by atoms with van der Waals surface area (Å²) < 4.78 is 0. The second-order valence-electron chi connectivity index (χ2n) is 2.66. The van der Waals surface area contributed by atoms with Gasteiger partial charge in [-0.15, -0.1) is 0 Å². The molecule has 0 aliphatic heterocycles. The van der Waals surface area contributed by atoms with Crippen LogP contribution >= 0.6 is 11.6 Å². The first-order chi connectivity index (χ1) is 6.81. The number of hydrogen-bond donors (Lipinski definition) is 1. The maximum absolute atomic E-state index is 10.4. The summed E-state index contributed by atoms with van der Waals surface area (Å²) in [5.74, 6) is 0. The number of aldehydes is 1. The highest BCUT2D eigenvalue weighted by Gasteiger charge is 2.07. The van der Waals surface area contributed by atoms with E-state index in [9.17, 15) is 4.79 Å². The molecule has 14 heavy (non-hydrogen) atoms. The standard InChI is InChI=1S/C9H6ClN3O/c10-7-2-1-3-11-9(7)8-4-6(5-14)12-13-8/h1-5H,(H,12,13). The van der Waals surface area contributed by atoms with E-state index >= 15 is 0 Å². The van der Waals surface area contributed by atoms with Crippen LogP contribution in [0, 0.1) is 0 Å². The SMILES string of the molecule is O=Cc1cc(-c2ncccc2Cl)n[nH]1. The van der Waals surface area contributed by atoms with E-state index < -0.39 is 0 Å². The van der Waals surface area contributed by atoms with Crippen LogP contribution in [0.15, 0.2) is 24.4 Å². The molecule has 0 amide bonds. The van der Waals surface area contributed by atoms with E-state index in [1.807, 2.05) is 0 Å². The Kier molecular flexibility index (Phi) is 2.28. The lowest BCUT2D eigenvalue weighted by Gasteiger charge is -1.96. The van der Waals surface area contributed by atoms with E-state index in [-0.39, 0.29) is 0 Å². The van der Waals surface area contributed by atoms with E-state index in [0.717, 1.165) is 0 Å². The van der Waals surface area contributed by atoms with Crippen LogP contribution in [0.4, 0.5) is 0 Å². The number of halogens is 1. The normalized spacial score (nSPS) is 10.1. The fourth-order valence-corrected chi connectivity index (χ4v) is 1.31. The van der Waals surface area contributed by atoms with E-state index in [2.05, 4.69) is 15.2 Å². The summed E-state index contributed by atoms with van der Waals surface area (Å²) in [4.78, 5) is 14.5. The van der Waals surface area contributed by atoms with Crippen molar-refractivity contribution in [2.45, 2.75) is 0 Å². The van der Waals surface area contributed by atoms with Gasteiger partial charge in [0.15, 0.2) is 6.29 Å². The summed E-state index contributed by atoms with van der Waals surface area (Å²) in [5.41, 5.74) is 1.54. The number of aromatic nitrogens is 3. The number of pyridine rings is 1. The fraction of sp³-hybridized carbons (Fsp3) is 0. The van der Waals surface area contributed by atoms with Gasteiger partial charge in [0.05, 0.1) is 10.7 Å². The van der Waals surface area contributed by atoms with Crippen molar-refractivity contribution in [2.24, 2.45) is 0 Å². The van der Waals surface area contributed by atoms with Crippen LogP contribution < -0.4 is 0 Å². The van der Waals surface area contributed by atoms with Gasteiger partial charge in [-0.1, -0.05) is 11.6 Å². The van der Waals surface area contributed by atoms with Crippen molar-refractivity contribution in [1.29, 1.82) is 0 Å². The van der Waals surface area contributed by atoms with Crippen LogP contribution in [0.5, 0.6) is 0 Å². The largest absolute Gasteiger partial charge is 0.296 e. The molecule has 0 saturated heterocycles. The first-order valence-electron chi connectivity index (χ1n) is 3.93. The number of carbonyl (C=O) groups is 1. The Hall–Kier alpha value is -1.68. The molecule has 5 heteroatoms. The number of nitrogens with one attached hydrogen (secondary N) is 1. The molecule has 0 saturated carbocycles. The van der Waals surface area contributed by atoms with Crippen molar-refractivity contribution in [1.82, 2.24) is 15.2 Å². The third-order valence-corrected chi connectivity index (χ3v) is 2.03. The molecule has 2 aromatic rings. The van der Waals surface area contributed by atoms with Crippen molar-refractivity contribution in [3.8, 4) is 11.4 Å². The molecule has 0 aliphatic rings. The number of hydrogen-bond acceptors (Lipinski definition) is 3. The maximum atomic E-state index is 10.4. The third-order valence-electron chi connectivity index (χ3n) is 1.73. The molecule has 2 rings (SSSR count). The van der Waals surface area contributed by atoms with E-state index in [4.69, 9.17) is 11.6 Å². The smallest absolute Gasteiger partial charge is 0.167 e. The Morgan fingerprint density at radius 2 is 2.36 bits per heavy atom. The molecule has 0 aliphatic carbocycles. The van der Waals surface area contributed by atoms with Crippen LogP contribution in [0.3, 0.4) is 0 Å². The molecule has 1 N–H and O–H groups in total. The zero-order valence-corrected chi connectivity index (χ0v) is 7.82. The highest BCUT2D eigenvalue weighted by atomic mass is 35.5. The van der Waals surface area contributed by atoms with Crippen LogP contribution in [-0.4, -0.2) is 21.5 Å². The van der Waals surface area contributed by atoms with E-state index in [0.29, 0.717) is 28.4 Å². The number of rotatable bonds is 2.